The van der Waals surface area contributed by atoms with E-state index in [0.717, 1.165) is 6.07 Å². The van der Waals surface area contributed by atoms with E-state index in [4.69, 9.17) is 5.11 Å². The molecule has 0 aromatic heterocycles. The molecule has 9 heteroatoms. The molecule has 0 amide bonds. The van der Waals surface area contributed by atoms with Gasteiger partial charge in [0, 0.05) is 10.5 Å². The van der Waals surface area contributed by atoms with Gasteiger partial charge in [-0.2, -0.15) is 13.2 Å². The third kappa shape index (κ3) is 2.97. The molecule has 1 N–H and O–H groups in total. The molecular weight excluding hydrogens is 323 g/mol. The van der Waals surface area contributed by atoms with E-state index in [0.29, 0.717) is 6.07 Å². The molecule has 5 nitrogen and oxygen atoms in total. The maximum absolute atomic E-state index is 12.8. The third-order valence-electron chi connectivity index (χ3n) is 2.04. The van der Waals surface area contributed by atoms with E-state index < -0.39 is 40.3 Å². The zero-order valence-electron chi connectivity index (χ0n) is 8.49. The molecule has 1 rings (SSSR count). The van der Waals surface area contributed by atoms with E-state index in [1.165, 1.54) is 0 Å². The van der Waals surface area contributed by atoms with Crippen LogP contribution in [0.4, 0.5) is 18.9 Å². The lowest BCUT2D eigenvalue weighted by Crippen LogP contribution is -2.15. The Kier molecular flexibility index (Phi) is 3.95. The Bertz CT molecular complexity index is 515. The summed E-state index contributed by atoms with van der Waals surface area (Å²) in [6.07, 6.45) is -5.96. The molecule has 0 atom stereocenters. The minimum absolute atomic E-state index is 0.136. The normalized spacial score (nSPS) is 11.3. The molecule has 18 heavy (non-hydrogen) atoms. The van der Waals surface area contributed by atoms with Crippen LogP contribution in [0.1, 0.15) is 11.1 Å². The van der Waals surface area contributed by atoms with Crippen LogP contribution in [0.5, 0.6) is 0 Å². The number of aliphatic carboxylic acids is 1. The van der Waals surface area contributed by atoms with Crippen LogP contribution >= 0.6 is 15.9 Å². The van der Waals surface area contributed by atoms with Gasteiger partial charge in [0.25, 0.3) is 5.69 Å². The fraction of sp³-hybridized carbons (Fsp3) is 0.222. The zero-order chi connectivity index (χ0) is 14.1. The van der Waals surface area contributed by atoms with Crippen LogP contribution in [0.2, 0.25) is 0 Å². The van der Waals surface area contributed by atoms with Gasteiger partial charge < -0.3 is 5.11 Å². The van der Waals surface area contributed by atoms with Crippen LogP contribution in [0, 0.1) is 10.1 Å². The molecule has 0 spiro atoms. The van der Waals surface area contributed by atoms with Crippen molar-refractivity contribution in [3.8, 4) is 0 Å². The highest BCUT2D eigenvalue weighted by molar-refractivity contribution is 9.10. The maximum atomic E-state index is 12.8. The van der Waals surface area contributed by atoms with Gasteiger partial charge in [0.15, 0.2) is 0 Å². The SMILES string of the molecule is O=C(O)Cc1c(Br)ccc([N+](=O)[O-])c1C(F)(F)F. The highest BCUT2D eigenvalue weighted by atomic mass is 79.9. The number of nitrogens with zero attached hydrogens (tertiary/aromatic N) is 1. The number of carboxylic acids is 1. The Morgan fingerprint density at radius 1 is 1.44 bits per heavy atom. The summed E-state index contributed by atoms with van der Waals surface area (Å²) in [4.78, 5) is 19.9. The number of nitro benzene ring substituents is 1. The van der Waals surface area contributed by atoms with Gasteiger partial charge in [-0.05, 0) is 11.6 Å². The van der Waals surface area contributed by atoms with E-state index in [1.807, 2.05) is 0 Å². The minimum atomic E-state index is -5.00. The van der Waals surface area contributed by atoms with Gasteiger partial charge in [0.2, 0.25) is 0 Å². The number of hydrogen-bond acceptors (Lipinski definition) is 3. The quantitative estimate of drug-likeness (QED) is 0.683. The van der Waals surface area contributed by atoms with Gasteiger partial charge in [-0.1, -0.05) is 15.9 Å². The van der Waals surface area contributed by atoms with Gasteiger partial charge in [-0.25, -0.2) is 0 Å². The predicted octanol–water partition coefficient (Wildman–Crippen LogP) is 3.00. The van der Waals surface area contributed by atoms with Crippen LogP contribution in [0.15, 0.2) is 16.6 Å². The summed E-state index contributed by atoms with van der Waals surface area (Å²) >= 11 is 2.77. The van der Waals surface area contributed by atoms with Crippen LogP contribution in [0.25, 0.3) is 0 Å². The number of halogens is 4. The smallest absolute Gasteiger partial charge is 0.423 e. The molecule has 0 heterocycles. The molecule has 0 bridgehead atoms. The van der Waals surface area contributed by atoms with Crippen molar-refractivity contribution in [1.82, 2.24) is 0 Å². The first kappa shape index (κ1) is 14.4. The summed E-state index contributed by atoms with van der Waals surface area (Å²) in [6, 6.07) is 1.70. The second-order valence-corrected chi connectivity index (χ2v) is 4.10. The van der Waals surface area contributed by atoms with Crippen molar-refractivity contribution in [2.75, 3.05) is 0 Å². The molecule has 1 aromatic rings. The van der Waals surface area contributed by atoms with Crippen molar-refractivity contribution in [2.24, 2.45) is 0 Å². The Labute approximate surface area is 106 Å². The summed E-state index contributed by atoms with van der Waals surface area (Å²) in [5, 5.41) is 19.1. The number of carbonyl (C=O) groups is 1. The number of hydrogen-bond donors (Lipinski definition) is 1. The van der Waals surface area contributed by atoms with Gasteiger partial charge in [0.05, 0.1) is 11.3 Å². The largest absolute Gasteiger partial charge is 0.481 e. The average molecular weight is 328 g/mol. The van der Waals surface area contributed by atoms with Gasteiger partial charge in [-0.3, -0.25) is 14.9 Å². The van der Waals surface area contributed by atoms with Gasteiger partial charge in [-0.15, -0.1) is 0 Å². The van der Waals surface area contributed by atoms with Crippen LogP contribution < -0.4 is 0 Å². The summed E-state index contributed by atoms with van der Waals surface area (Å²) in [7, 11) is 0. The first-order chi connectivity index (χ1) is 8.14. The fourth-order valence-corrected chi connectivity index (χ4v) is 1.87. The van der Waals surface area contributed by atoms with E-state index in [1.54, 1.807) is 0 Å². The van der Waals surface area contributed by atoms with E-state index in [9.17, 15) is 28.1 Å². The van der Waals surface area contributed by atoms with Crippen molar-refractivity contribution in [3.05, 3.63) is 37.8 Å². The molecule has 1 aromatic carbocycles. The molecule has 0 unspecified atom stereocenters. The lowest BCUT2D eigenvalue weighted by molar-refractivity contribution is -0.388. The lowest BCUT2D eigenvalue weighted by Gasteiger charge is -2.13. The number of nitro groups is 1. The molecule has 0 radical (unpaired) electrons. The highest BCUT2D eigenvalue weighted by Crippen LogP contribution is 2.41. The molecule has 0 saturated carbocycles. The predicted molar refractivity (Wildman–Crippen MR) is 57.1 cm³/mol. The first-order valence-electron chi connectivity index (χ1n) is 4.39. The Balaban J connectivity index is 3.60. The van der Waals surface area contributed by atoms with E-state index >= 15 is 0 Å². The van der Waals surface area contributed by atoms with E-state index in [-0.39, 0.29) is 4.47 Å². The molecule has 0 aliphatic carbocycles. The molecule has 0 fully saturated rings. The van der Waals surface area contributed by atoms with Crippen molar-refractivity contribution < 1.29 is 28.0 Å². The number of rotatable bonds is 3. The van der Waals surface area contributed by atoms with Gasteiger partial charge in [0.1, 0.15) is 5.56 Å². The van der Waals surface area contributed by atoms with Crippen LogP contribution in [-0.2, 0) is 17.4 Å². The van der Waals surface area contributed by atoms with Crippen LogP contribution in [-0.4, -0.2) is 16.0 Å². The number of carboxylic acid groups (broad SMARTS) is 1. The summed E-state index contributed by atoms with van der Waals surface area (Å²) in [5.41, 5.74) is -3.37. The third-order valence-corrected chi connectivity index (χ3v) is 2.78. The van der Waals surface area contributed by atoms with Crippen molar-refractivity contribution in [2.45, 2.75) is 12.6 Å². The fourth-order valence-electron chi connectivity index (χ4n) is 1.40. The first-order valence-corrected chi connectivity index (χ1v) is 5.18. The standard InChI is InChI=1S/C9H5BrF3NO4/c10-5-1-2-6(14(17)18)8(9(11,12)13)4(5)3-7(15)16/h1-2H,3H2,(H,15,16). The second kappa shape index (κ2) is 4.92. The van der Waals surface area contributed by atoms with E-state index in [2.05, 4.69) is 15.9 Å². The number of benzene rings is 1. The maximum Gasteiger partial charge on any atom is 0.423 e. The molecule has 98 valence electrons. The molecule has 0 aliphatic rings. The van der Waals surface area contributed by atoms with Gasteiger partial charge >= 0.3 is 12.1 Å². The topological polar surface area (TPSA) is 80.4 Å². The van der Waals surface area contributed by atoms with Crippen molar-refractivity contribution in [1.29, 1.82) is 0 Å². The average Bonchev–Trinajstić information content (AvgIpc) is 2.17. The summed E-state index contributed by atoms with van der Waals surface area (Å²) in [5.74, 6) is -1.51. The highest BCUT2D eigenvalue weighted by Gasteiger charge is 2.41. The second-order valence-electron chi connectivity index (χ2n) is 3.25. The Morgan fingerprint density at radius 3 is 2.39 bits per heavy atom. The lowest BCUT2D eigenvalue weighted by atomic mass is 10.0. The molecule has 0 aliphatic heterocycles. The monoisotopic (exact) mass is 327 g/mol. The molecule has 0 saturated heterocycles. The Hall–Kier alpha value is -1.64. The summed E-state index contributed by atoms with van der Waals surface area (Å²) in [6.45, 7) is 0. The zero-order valence-corrected chi connectivity index (χ0v) is 10.1. The summed E-state index contributed by atoms with van der Waals surface area (Å²) < 4.78 is 38.2. The number of alkyl halides is 3. The van der Waals surface area contributed by atoms with Crippen molar-refractivity contribution >= 4 is 27.6 Å². The minimum Gasteiger partial charge on any atom is -0.481 e. The van der Waals surface area contributed by atoms with Crippen molar-refractivity contribution in [3.63, 3.8) is 0 Å². The van der Waals surface area contributed by atoms with Crippen LogP contribution in [0.3, 0.4) is 0 Å². The molecular formula is C9H5BrF3NO4. The Morgan fingerprint density at radius 2 is 2.00 bits per heavy atom.